The van der Waals surface area contributed by atoms with E-state index in [4.69, 9.17) is 4.42 Å². The SMILES string of the molecule is C1=C(c2ccc(N(c3ccccc3)c3ccc(-c4ccc(N(c5ccccc5)c5ccc(-c6ccc(-c7ccccc7)o6)cc5)cc4)cc3)cc2)SC(c2ccccc2)C1. The summed E-state index contributed by atoms with van der Waals surface area (Å²) < 4.78 is 6.26. The summed E-state index contributed by atoms with van der Waals surface area (Å²) >= 11 is 1.96. The highest BCUT2D eigenvalue weighted by molar-refractivity contribution is 8.08. The fourth-order valence-electron chi connectivity index (χ4n) is 7.98. The Morgan fingerprint density at radius 1 is 0.333 bits per heavy atom. The second-order valence-corrected chi connectivity index (χ2v) is 16.1. The molecule has 9 aromatic rings. The summed E-state index contributed by atoms with van der Waals surface area (Å²) in [6.45, 7) is 0. The van der Waals surface area contributed by atoms with Gasteiger partial charge in [-0.3, -0.25) is 0 Å². The van der Waals surface area contributed by atoms with Crippen molar-refractivity contribution in [2.75, 3.05) is 9.80 Å². The van der Waals surface area contributed by atoms with E-state index in [1.54, 1.807) is 0 Å². The summed E-state index contributed by atoms with van der Waals surface area (Å²) in [6.07, 6.45) is 3.44. The van der Waals surface area contributed by atoms with Gasteiger partial charge in [-0.1, -0.05) is 140 Å². The van der Waals surface area contributed by atoms with E-state index < -0.39 is 0 Å². The molecule has 0 saturated carbocycles. The average Bonchev–Trinajstić information content (AvgIpc) is 4.04. The molecule has 10 rings (SSSR count). The van der Waals surface area contributed by atoms with Gasteiger partial charge in [0, 0.05) is 55.4 Å². The van der Waals surface area contributed by atoms with Crippen LogP contribution in [0.25, 0.3) is 38.7 Å². The van der Waals surface area contributed by atoms with Crippen LogP contribution in [0.2, 0.25) is 0 Å². The van der Waals surface area contributed by atoms with Crippen molar-refractivity contribution >= 4 is 50.8 Å². The largest absolute Gasteiger partial charge is 0.456 e. The number of hydrogen-bond donors (Lipinski definition) is 0. The van der Waals surface area contributed by atoms with E-state index in [-0.39, 0.29) is 0 Å². The van der Waals surface area contributed by atoms with E-state index in [0.717, 1.165) is 74.3 Å². The van der Waals surface area contributed by atoms with Crippen LogP contribution in [0.15, 0.2) is 241 Å². The molecular weight excluding hydrogens is 749 g/mol. The minimum atomic E-state index is 0.472. The highest BCUT2D eigenvalue weighted by Gasteiger charge is 2.21. The normalized spacial score (nSPS) is 13.5. The third kappa shape index (κ3) is 7.81. The van der Waals surface area contributed by atoms with Crippen LogP contribution >= 0.6 is 11.8 Å². The fourth-order valence-corrected chi connectivity index (χ4v) is 9.23. The van der Waals surface area contributed by atoms with E-state index >= 15 is 0 Å². The predicted octanol–water partition coefficient (Wildman–Crippen LogP) is 16.4. The van der Waals surface area contributed by atoms with Gasteiger partial charge in [-0.25, -0.2) is 0 Å². The van der Waals surface area contributed by atoms with Crippen molar-refractivity contribution < 1.29 is 4.42 Å². The Labute approximate surface area is 356 Å². The van der Waals surface area contributed by atoms with Gasteiger partial charge in [-0.05, 0) is 126 Å². The minimum absolute atomic E-state index is 0.472. The number of benzene rings is 8. The zero-order valence-corrected chi connectivity index (χ0v) is 33.8. The van der Waals surface area contributed by atoms with Gasteiger partial charge in [0.25, 0.3) is 0 Å². The lowest BCUT2D eigenvalue weighted by Crippen LogP contribution is -2.10. The third-order valence-corrected chi connectivity index (χ3v) is 12.5. The van der Waals surface area contributed by atoms with E-state index in [9.17, 15) is 0 Å². The molecule has 2 heterocycles. The molecule has 1 aromatic heterocycles. The molecule has 0 N–H and O–H groups in total. The van der Waals surface area contributed by atoms with E-state index in [1.807, 2.05) is 42.1 Å². The first-order valence-electron chi connectivity index (χ1n) is 20.4. The van der Waals surface area contributed by atoms with Crippen molar-refractivity contribution in [2.24, 2.45) is 0 Å². The number of thioether (sulfide) groups is 1. The van der Waals surface area contributed by atoms with Crippen molar-refractivity contribution in [2.45, 2.75) is 11.7 Å². The number of para-hydroxylation sites is 2. The highest BCUT2D eigenvalue weighted by Crippen LogP contribution is 2.48. The summed E-state index contributed by atoms with van der Waals surface area (Å²) in [4.78, 5) is 5.97. The molecule has 8 aromatic carbocycles. The van der Waals surface area contributed by atoms with Crippen LogP contribution in [0.1, 0.15) is 22.8 Å². The average molecular weight is 791 g/mol. The Morgan fingerprint density at radius 3 is 1.13 bits per heavy atom. The smallest absolute Gasteiger partial charge is 0.134 e. The van der Waals surface area contributed by atoms with Crippen molar-refractivity contribution in [3.63, 3.8) is 0 Å². The summed E-state index contributed by atoms with van der Waals surface area (Å²) in [5, 5.41) is 0.472. The van der Waals surface area contributed by atoms with Crippen LogP contribution < -0.4 is 9.80 Å². The monoisotopic (exact) mass is 790 g/mol. The maximum Gasteiger partial charge on any atom is 0.134 e. The molecule has 0 saturated heterocycles. The molecule has 288 valence electrons. The maximum absolute atomic E-state index is 6.26. The highest BCUT2D eigenvalue weighted by atomic mass is 32.2. The van der Waals surface area contributed by atoms with Crippen LogP contribution in [0.4, 0.5) is 34.1 Å². The molecule has 0 spiro atoms. The topological polar surface area (TPSA) is 19.6 Å². The van der Waals surface area contributed by atoms with Gasteiger partial charge in [0.1, 0.15) is 11.5 Å². The summed E-state index contributed by atoms with van der Waals surface area (Å²) in [6, 6.07) is 81.7. The zero-order chi connectivity index (χ0) is 40.1. The molecule has 1 atom stereocenters. The maximum atomic E-state index is 6.26. The Bertz CT molecular complexity index is 2820. The lowest BCUT2D eigenvalue weighted by Gasteiger charge is -2.26. The minimum Gasteiger partial charge on any atom is -0.456 e. The molecule has 1 aliphatic rings. The number of allylic oxidation sites excluding steroid dienone is 1. The van der Waals surface area contributed by atoms with Crippen LogP contribution in [0, 0.1) is 0 Å². The molecule has 4 heteroatoms. The molecule has 0 radical (unpaired) electrons. The van der Waals surface area contributed by atoms with Crippen LogP contribution in [0.5, 0.6) is 0 Å². The van der Waals surface area contributed by atoms with E-state index in [2.05, 4.69) is 216 Å². The van der Waals surface area contributed by atoms with Crippen LogP contribution in [-0.2, 0) is 0 Å². The standard InChI is InChI=1S/C56H42N2OS/c1-5-13-43(14-6-1)53-37-38-54(59-53)44-25-33-51(34-26-44)57(47-17-9-3-10-18-47)49-29-21-41(22-30-49)42-23-31-50(32-24-42)58(48-19-11-4-12-20-48)52-35-27-46(28-36-52)56-40-39-55(60-56)45-15-7-2-8-16-45/h1-38,40,55H,39H2. The number of anilines is 6. The molecule has 1 aliphatic heterocycles. The molecule has 3 nitrogen and oxygen atoms in total. The Balaban J connectivity index is 0.886. The van der Waals surface area contributed by atoms with Crippen molar-refractivity contribution in [3.05, 3.63) is 248 Å². The van der Waals surface area contributed by atoms with Crippen LogP contribution in [0.3, 0.4) is 0 Å². The second-order valence-electron chi connectivity index (χ2n) is 14.9. The zero-order valence-electron chi connectivity index (χ0n) is 33.0. The summed E-state index contributed by atoms with van der Waals surface area (Å²) in [5.74, 6) is 1.71. The molecule has 60 heavy (non-hydrogen) atoms. The van der Waals surface area contributed by atoms with Gasteiger partial charge >= 0.3 is 0 Å². The second kappa shape index (κ2) is 16.9. The number of rotatable bonds is 11. The lowest BCUT2D eigenvalue weighted by atomic mass is 10.0. The molecule has 1 unspecified atom stereocenters. The van der Waals surface area contributed by atoms with Gasteiger partial charge in [-0.2, -0.15) is 0 Å². The molecular formula is C56H42N2OS. The molecule has 0 amide bonds. The fraction of sp³-hybridized carbons (Fsp3) is 0.0357. The Kier molecular flexibility index (Phi) is 10.4. The van der Waals surface area contributed by atoms with E-state index in [0.29, 0.717) is 5.25 Å². The van der Waals surface area contributed by atoms with Crippen molar-refractivity contribution in [1.82, 2.24) is 0 Å². The number of furan rings is 1. The summed E-state index contributed by atoms with van der Waals surface area (Å²) in [7, 11) is 0. The number of nitrogens with zero attached hydrogens (tertiary/aromatic N) is 2. The first-order valence-corrected chi connectivity index (χ1v) is 21.3. The van der Waals surface area contributed by atoms with Crippen molar-refractivity contribution in [3.8, 4) is 33.8 Å². The van der Waals surface area contributed by atoms with E-state index in [1.165, 1.54) is 16.0 Å². The van der Waals surface area contributed by atoms with Crippen LogP contribution in [-0.4, -0.2) is 0 Å². The Hall–Kier alpha value is -7.27. The lowest BCUT2D eigenvalue weighted by molar-refractivity contribution is 0.597. The summed E-state index contributed by atoms with van der Waals surface area (Å²) in [5.41, 5.74) is 13.7. The first-order chi connectivity index (χ1) is 29.7. The quantitative estimate of drug-likeness (QED) is 0.130. The first kappa shape index (κ1) is 37.0. The Morgan fingerprint density at radius 2 is 0.683 bits per heavy atom. The van der Waals surface area contributed by atoms with Gasteiger partial charge < -0.3 is 14.2 Å². The molecule has 0 fully saturated rings. The van der Waals surface area contributed by atoms with Gasteiger partial charge in [-0.15, -0.1) is 11.8 Å². The van der Waals surface area contributed by atoms with Gasteiger partial charge in [0.15, 0.2) is 0 Å². The van der Waals surface area contributed by atoms with Crippen molar-refractivity contribution in [1.29, 1.82) is 0 Å². The predicted molar refractivity (Wildman–Crippen MR) is 254 cm³/mol. The van der Waals surface area contributed by atoms with Gasteiger partial charge in [0.05, 0.1) is 0 Å². The number of hydrogen-bond acceptors (Lipinski definition) is 4. The third-order valence-electron chi connectivity index (χ3n) is 11.1. The van der Waals surface area contributed by atoms with Gasteiger partial charge in [0.2, 0.25) is 0 Å². The molecule has 0 bridgehead atoms. The molecule has 0 aliphatic carbocycles.